The zero-order valence-electron chi connectivity index (χ0n) is 32.2. The fourth-order valence-electron chi connectivity index (χ4n) is 8.69. The highest BCUT2D eigenvalue weighted by Crippen LogP contribution is 2.41. The second-order valence-corrected chi connectivity index (χ2v) is 16.2. The minimum absolute atomic E-state index is 0.201. The minimum atomic E-state index is -1.59. The number of ether oxygens (including phenoxy) is 3. The first-order valence-electron chi connectivity index (χ1n) is 19.9. The van der Waals surface area contributed by atoms with Crippen LogP contribution in [0.1, 0.15) is 128 Å². The van der Waals surface area contributed by atoms with Gasteiger partial charge < -0.3 is 23.2 Å². The zero-order valence-corrected chi connectivity index (χ0v) is 32.2. The van der Waals surface area contributed by atoms with Gasteiger partial charge in [-0.2, -0.15) is 0 Å². The smallest absolute Gasteiger partial charge is 0.348 e. The third-order valence-electron chi connectivity index (χ3n) is 11.4. The first-order chi connectivity index (χ1) is 24.0. The van der Waals surface area contributed by atoms with Crippen molar-refractivity contribution in [3.63, 3.8) is 0 Å². The number of hydrogen-bond donors (Lipinski definition) is 0. The molecule has 4 atom stereocenters. The summed E-state index contributed by atoms with van der Waals surface area (Å²) in [6.07, 6.45) is 15.1. The van der Waals surface area contributed by atoms with Crippen molar-refractivity contribution in [3.8, 4) is 0 Å². The molecule has 7 heteroatoms. The third kappa shape index (κ3) is 10.9. The van der Waals surface area contributed by atoms with Gasteiger partial charge in [0, 0.05) is 32.1 Å². The van der Waals surface area contributed by atoms with Gasteiger partial charge in [0.15, 0.2) is 0 Å². The fourth-order valence-corrected chi connectivity index (χ4v) is 8.69. The molecule has 50 heavy (non-hydrogen) atoms. The highest BCUT2D eigenvalue weighted by molar-refractivity contribution is 5.86. The highest BCUT2D eigenvalue weighted by Gasteiger charge is 2.52. The van der Waals surface area contributed by atoms with Crippen molar-refractivity contribution in [1.82, 2.24) is 0 Å². The van der Waals surface area contributed by atoms with E-state index >= 15 is 0 Å². The molecule has 0 N–H and O–H groups in total. The molecule has 0 aliphatic carbocycles. The van der Waals surface area contributed by atoms with Crippen molar-refractivity contribution in [3.05, 3.63) is 71.8 Å². The lowest BCUT2D eigenvalue weighted by atomic mass is 9.85. The molecule has 0 bridgehead atoms. The van der Waals surface area contributed by atoms with Gasteiger partial charge in [0.1, 0.15) is 6.10 Å². The van der Waals surface area contributed by atoms with Crippen molar-refractivity contribution in [2.45, 2.75) is 147 Å². The van der Waals surface area contributed by atoms with Gasteiger partial charge in [0.05, 0.1) is 52.9 Å². The molecule has 2 saturated heterocycles. The SMILES string of the molecule is CCC1CC(OC(=O)C(OC(C)OC(=O)CCCCCCCCCCC[N+](C)(C)C)(c2ccccc2)c2ccccc2)CC(C)[N+]12CCCC2. The molecule has 2 aliphatic rings. The molecule has 2 heterocycles. The zero-order chi connectivity index (χ0) is 36.0. The Hall–Kier alpha value is -2.74. The standard InChI is InChI=1S/C43H68N2O5/c1-7-39-34-40(33-35(2)45(39)31-23-24-32-45)49-42(47)43(37-25-17-15-18-26-37,38-27-19-16-20-28-38)50-36(3)48-41(46)29-21-13-11-9-8-10-12-14-22-30-44(4,5)6/h15-20,25-28,35-36,39-40H,7-14,21-24,29-34H2,1-6H3/q+2. The van der Waals surface area contributed by atoms with E-state index in [1.807, 2.05) is 60.7 Å². The Morgan fingerprint density at radius 3 is 1.84 bits per heavy atom. The summed E-state index contributed by atoms with van der Waals surface area (Å²) in [5.41, 5.74) is -0.269. The molecule has 4 unspecified atom stereocenters. The molecular formula is C43H68N2O5+2. The molecule has 7 nitrogen and oxygen atoms in total. The van der Waals surface area contributed by atoms with Crippen molar-refractivity contribution in [2.75, 3.05) is 40.8 Å². The van der Waals surface area contributed by atoms with E-state index in [0.717, 1.165) is 47.5 Å². The van der Waals surface area contributed by atoms with E-state index in [0.29, 0.717) is 29.6 Å². The van der Waals surface area contributed by atoms with Gasteiger partial charge >= 0.3 is 11.9 Å². The molecule has 2 aromatic carbocycles. The van der Waals surface area contributed by atoms with Gasteiger partial charge in [-0.15, -0.1) is 0 Å². The van der Waals surface area contributed by atoms with Crippen LogP contribution in [-0.2, 0) is 29.4 Å². The average molecular weight is 693 g/mol. The van der Waals surface area contributed by atoms with Crippen molar-refractivity contribution in [2.24, 2.45) is 0 Å². The molecule has 4 rings (SSSR count). The monoisotopic (exact) mass is 693 g/mol. The Morgan fingerprint density at radius 2 is 1.32 bits per heavy atom. The normalized spacial score (nSPS) is 21.2. The van der Waals surface area contributed by atoms with Crippen molar-refractivity contribution < 1.29 is 32.8 Å². The van der Waals surface area contributed by atoms with Crippen molar-refractivity contribution >= 4 is 11.9 Å². The lowest BCUT2D eigenvalue weighted by Gasteiger charge is -2.51. The van der Waals surface area contributed by atoms with Crippen LogP contribution < -0.4 is 0 Å². The van der Waals surface area contributed by atoms with E-state index in [2.05, 4.69) is 35.0 Å². The number of benzene rings is 2. The van der Waals surface area contributed by atoms with Crippen LogP contribution in [0, 0.1) is 0 Å². The molecule has 1 spiro atoms. The number of esters is 2. The molecule has 278 valence electrons. The van der Waals surface area contributed by atoms with Crippen LogP contribution in [0.25, 0.3) is 0 Å². The number of carbonyl (C=O) groups is 2. The summed E-state index contributed by atoms with van der Waals surface area (Å²) >= 11 is 0. The van der Waals surface area contributed by atoms with Gasteiger partial charge in [0.25, 0.3) is 0 Å². The van der Waals surface area contributed by atoms with Crippen LogP contribution in [0.15, 0.2) is 60.7 Å². The number of carbonyl (C=O) groups excluding carboxylic acids is 2. The van der Waals surface area contributed by atoms with Gasteiger partial charge in [-0.05, 0) is 50.7 Å². The third-order valence-corrected chi connectivity index (χ3v) is 11.4. The maximum absolute atomic E-state index is 14.7. The number of nitrogens with zero attached hydrogens (tertiary/aromatic N) is 2. The molecule has 0 amide bonds. The Labute approximate surface area is 303 Å². The quantitative estimate of drug-likeness (QED) is 0.0601. The topological polar surface area (TPSA) is 61.8 Å². The van der Waals surface area contributed by atoms with Crippen LogP contribution >= 0.6 is 0 Å². The van der Waals surface area contributed by atoms with Crippen LogP contribution in [-0.4, -0.2) is 86.2 Å². The van der Waals surface area contributed by atoms with E-state index in [-0.39, 0.29) is 12.1 Å². The number of unbranched alkanes of at least 4 members (excludes halogenated alkanes) is 8. The molecular weight excluding hydrogens is 624 g/mol. The summed E-state index contributed by atoms with van der Waals surface area (Å²) < 4.78 is 21.2. The molecule has 2 fully saturated rings. The number of rotatable bonds is 20. The number of hydrogen-bond acceptors (Lipinski definition) is 5. The predicted molar refractivity (Wildman–Crippen MR) is 201 cm³/mol. The number of quaternary nitrogens is 2. The summed E-state index contributed by atoms with van der Waals surface area (Å²) in [5, 5.41) is 0. The maximum atomic E-state index is 14.7. The van der Waals surface area contributed by atoms with E-state index in [1.54, 1.807) is 6.92 Å². The lowest BCUT2D eigenvalue weighted by Crippen LogP contribution is -2.63. The molecule has 0 radical (unpaired) electrons. The second kappa shape index (κ2) is 19.2. The molecule has 0 aromatic heterocycles. The van der Waals surface area contributed by atoms with Gasteiger partial charge in [-0.3, -0.25) is 4.79 Å². The van der Waals surface area contributed by atoms with E-state index in [1.165, 1.54) is 71.0 Å². The van der Waals surface area contributed by atoms with E-state index in [4.69, 9.17) is 14.2 Å². The summed E-state index contributed by atoms with van der Waals surface area (Å²) in [5.74, 6) is -0.752. The Kier molecular flexibility index (Phi) is 15.4. The second-order valence-electron chi connectivity index (χ2n) is 16.2. The van der Waals surface area contributed by atoms with Gasteiger partial charge in [0.2, 0.25) is 11.9 Å². The number of piperidine rings is 1. The van der Waals surface area contributed by atoms with Crippen LogP contribution in [0.4, 0.5) is 0 Å². The Bertz CT molecular complexity index is 1250. The average Bonchev–Trinajstić information content (AvgIpc) is 3.59. The highest BCUT2D eigenvalue weighted by atomic mass is 16.7. The summed E-state index contributed by atoms with van der Waals surface area (Å²) in [7, 11) is 6.77. The van der Waals surface area contributed by atoms with Crippen LogP contribution in [0.5, 0.6) is 0 Å². The van der Waals surface area contributed by atoms with Gasteiger partial charge in [-0.25, -0.2) is 4.79 Å². The first-order valence-corrected chi connectivity index (χ1v) is 19.9. The minimum Gasteiger partial charge on any atom is -0.459 e. The Morgan fingerprint density at radius 1 is 0.800 bits per heavy atom. The van der Waals surface area contributed by atoms with E-state index < -0.39 is 17.9 Å². The first kappa shape index (κ1) is 40.0. The van der Waals surface area contributed by atoms with Crippen LogP contribution in [0.2, 0.25) is 0 Å². The predicted octanol–water partition coefficient (Wildman–Crippen LogP) is 8.93. The molecule has 0 saturated carbocycles. The maximum Gasteiger partial charge on any atom is 0.348 e. The molecule has 2 aliphatic heterocycles. The summed E-state index contributed by atoms with van der Waals surface area (Å²) in [4.78, 5) is 27.7. The molecule has 2 aromatic rings. The largest absolute Gasteiger partial charge is 0.459 e. The van der Waals surface area contributed by atoms with E-state index in [9.17, 15) is 9.59 Å². The summed E-state index contributed by atoms with van der Waals surface area (Å²) in [6.45, 7) is 10.0. The van der Waals surface area contributed by atoms with Crippen LogP contribution in [0.3, 0.4) is 0 Å². The summed E-state index contributed by atoms with van der Waals surface area (Å²) in [6, 6.07) is 20.0. The van der Waals surface area contributed by atoms with Crippen molar-refractivity contribution in [1.29, 1.82) is 0 Å². The fraction of sp³-hybridized carbons (Fsp3) is 0.674. The van der Waals surface area contributed by atoms with Gasteiger partial charge in [-0.1, -0.05) is 106 Å². The Balaban J connectivity index is 1.36. The lowest BCUT2D eigenvalue weighted by molar-refractivity contribution is -0.967.